The van der Waals surface area contributed by atoms with E-state index in [1.807, 2.05) is 12.4 Å². The van der Waals surface area contributed by atoms with Gasteiger partial charge in [-0.1, -0.05) is 25.1 Å². The zero-order chi connectivity index (χ0) is 17.8. The molecule has 1 aliphatic rings. The summed E-state index contributed by atoms with van der Waals surface area (Å²) in [7, 11) is 0. The van der Waals surface area contributed by atoms with E-state index in [4.69, 9.17) is 0 Å². The van der Waals surface area contributed by atoms with E-state index in [1.165, 1.54) is 41.5 Å². The molecule has 4 rings (SSSR count). The number of aromatic amines is 1. The van der Waals surface area contributed by atoms with E-state index in [2.05, 4.69) is 69.2 Å². The van der Waals surface area contributed by atoms with Crippen LogP contribution >= 0.6 is 0 Å². The number of H-pyrrole nitrogens is 1. The Kier molecular flexibility index (Phi) is 5.32. The molecule has 2 aromatic heterocycles. The van der Waals surface area contributed by atoms with Gasteiger partial charge >= 0.3 is 0 Å². The average molecular weight is 348 g/mol. The first kappa shape index (κ1) is 17.3. The number of pyridine rings is 1. The molecule has 0 radical (unpaired) electrons. The summed E-state index contributed by atoms with van der Waals surface area (Å²) in [6.07, 6.45) is 6.36. The summed E-state index contributed by atoms with van der Waals surface area (Å²) in [6.45, 7) is 7.74. The second kappa shape index (κ2) is 8.02. The molecule has 4 heteroatoms. The van der Waals surface area contributed by atoms with Crippen molar-refractivity contribution in [2.75, 3.05) is 19.6 Å². The Morgan fingerprint density at radius 2 is 2.04 bits per heavy atom. The topological polar surface area (TPSA) is 35.2 Å². The number of likely N-dealkylation sites (N-methyl/N-ethyl adjacent to an activating group) is 1. The van der Waals surface area contributed by atoms with Gasteiger partial charge in [0.25, 0.3) is 0 Å². The molecule has 1 fully saturated rings. The van der Waals surface area contributed by atoms with Gasteiger partial charge in [0.15, 0.2) is 0 Å². The SMILES string of the molecule is CCN(Cc1ccncc1)[C@@H]1CCCN(Cc2cc3ccccc3[nH]2)C1. The van der Waals surface area contributed by atoms with Crippen molar-refractivity contribution in [3.63, 3.8) is 0 Å². The van der Waals surface area contributed by atoms with Crippen molar-refractivity contribution in [2.45, 2.75) is 38.9 Å². The summed E-state index contributed by atoms with van der Waals surface area (Å²) in [4.78, 5) is 12.9. The lowest BCUT2D eigenvalue weighted by atomic mass is 10.0. The molecule has 3 aromatic rings. The smallest absolute Gasteiger partial charge is 0.0456 e. The Labute approximate surface area is 155 Å². The molecular formula is C22H28N4. The summed E-state index contributed by atoms with van der Waals surface area (Å²) >= 11 is 0. The minimum absolute atomic E-state index is 0.631. The fourth-order valence-corrected chi connectivity index (χ4v) is 4.15. The van der Waals surface area contributed by atoms with E-state index < -0.39 is 0 Å². The summed E-state index contributed by atoms with van der Waals surface area (Å²) in [5.74, 6) is 0. The van der Waals surface area contributed by atoms with Crippen molar-refractivity contribution in [1.29, 1.82) is 0 Å². The van der Waals surface area contributed by atoms with E-state index in [-0.39, 0.29) is 0 Å². The third kappa shape index (κ3) is 3.97. The van der Waals surface area contributed by atoms with Gasteiger partial charge in [0.1, 0.15) is 0 Å². The van der Waals surface area contributed by atoms with Crippen LogP contribution in [0.3, 0.4) is 0 Å². The molecule has 1 aromatic carbocycles. The van der Waals surface area contributed by atoms with Crippen LogP contribution in [-0.2, 0) is 13.1 Å². The fraction of sp³-hybridized carbons (Fsp3) is 0.409. The minimum Gasteiger partial charge on any atom is -0.357 e. The van der Waals surface area contributed by atoms with Crippen molar-refractivity contribution >= 4 is 10.9 Å². The number of nitrogens with one attached hydrogen (secondary N) is 1. The van der Waals surface area contributed by atoms with Gasteiger partial charge in [-0.25, -0.2) is 0 Å². The lowest BCUT2D eigenvalue weighted by molar-refractivity contribution is 0.0912. The lowest BCUT2D eigenvalue weighted by Crippen LogP contribution is -2.47. The largest absolute Gasteiger partial charge is 0.357 e. The summed E-state index contributed by atoms with van der Waals surface area (Å²) in [6, 6.07) is 15.7. The molecular weight excluding hydrogens is 320 g/mol. The number of hydrogen-bond donors (Lipinski definition) is 1. The quantitative estimate of drug-likeness (QED) is 0.730. The summed E-state index contributed by atoms with van der Waals surface area (Å²) < 4.78 is 0. The highest BCUT2D eigenvalue weighted by molar-refractivity contribution is 5.80. The standard InChI is InChI=1S/C22H28N4/c1-2-26(15-18-9-11-23-12-10-18)21-7-5-13-25(17-21)16-20-14-19-6-3-4-8-22(19)24-20/h3-4,6,8-12,14,21,24H,2,5,7,13,15-17H2,1H3/t21-/m1/s1. The van der Waals surface area contributed by atoms with Gasteiger partial charge in [0.05, 0.1) is 0 Å². The van der Waals surface area contributed by atoms with Crippen molar-refractivity contribution in [3.8, 4) is 0 Å². The number of piperidine rings is 1. The zero-order valence-corrected chi connectivity index (χ0v) is 15.6. The van der Waals surface area contributed by atoms with Gasteiger partial charge in [-0.3, -0.25) is 14.8 Å². The fourth-order valence-electron chi connectivity index (χ4n) is 4.15. The van der Waals surface area contributed by atoms with Crippen LogP contribution in [0.4, 0.5) is 0 Å². The monoisotopic (exact) mass is 348 g/mol. The first-order valence-corrected chi connectivity index (χ1v) is 9.74. The van der Waals surface area contributed by atoms with Crippen molar-refractivity contribution < 1.29 is 0 Å². The Balaban J connectivity index is 1.41. The van der Waals surface area contributed by atoms with Crippen LogP contribution in [0.25, 0.3) is 10.9 Å². The Morgan fingerprint density at radius 3 is 2.85 bits per heavy atom. The lowest BCUT2D eigenvalue weighted by Gasteiger charge is -2.39. The van der Waals surface area contributed by atoms with E-state index in [1.54, 1.807) is 0 Å². The van der Waals surface area contributed by atoms with Crippen molar-refractivity contribution in [1.82, 2.24) is 19.8 Å². The molecule has 1 saturated heterocycles. The molecule has 0 aliphatic carbocycles. The third-order valence-electron chi connectivity index (χ3n) is 5.52. The number of likely N-dealkylation sites (tertiary alicyclic amines) is 1. The molecule has 0 spiro atoms. The third-order valence-corrected chi connectivity index (χ3v) is 5.52. The van der Waals surface area contributed by atoms with Gasteiger partial charge < -0.3 is 4.98 Å². The van der Waals surface area contributed by atoms with Crippen LogP contribution in [0.2, 0.25) is 0 Å². The maximum absolute atomic E-state index is 4.14. The van der Waals surface area contributed by atoms with Crippen molar-refractivity contribution in [2.24, 2.45) is 0 Å². The van der Waals surface area contributed by atoms with Crippen LogP contribution < -0.4 is 0 Å². The Hall–Kier alpha value is -2.17. The molecule has 4 nitrogen and oxygen atoms in total. The normalized spacial score (nSPS) is 18.6. The Bertz CT molecular complexity index is 793. The molecule has 1 atom stereocenters. The predicted molar refractivity (Wildman–Crippen MR) is 107 cm³/mol. The molecule has 136 valence electrons. The van der Waals surface area contributed by atoms with Crippen LogP contribution in [0, 0.1) is 0 Å². The zero-order valence-electron chi connectivity index (χ0n) is 15.6. The maximum Gasteiger partial charge on any atom is 0.0456 e. The number of hydrogen-bond acceptors (Lipinski definition) is 3. The summed E-state index contributed by atoms with van der Waals surface area (Å²) in [5, 5.41) is 1.31. The van der Waals surface area contributed by atoms with Crippen LogP contribution in [0.5, 0.6) is 0 Å². The highest BCUT2D eigenvalue weighted by Gasteiger charge is 2.24. The highest BCUT2D eigenvalue weighted by atomic mass is 15.2. The van der Waals surface area contributed by atoms with E-state index >= 15 is 0 Å². The van der Waals surface area contributed by atoms with Crippen LogP contribution in [0.15, 0.2) is 54.9 Å². The van der Waals surface area contributed by atoms with Gasteiger partial charge in [0.2, 0.25) is 0 Å². The first-order valence-electron chi connectivity index (χ1n) is 9.74. The van der Waals surface area contributed by atoms with Gasteiger partial charge in [-0.15, -0.1) is 0 Å². The average Bonchev–Trinajstić information content (AvgIpc) is 3.09. The van der Waals surface area contributed by atoms with E-state index in [0.29, 0.717) is 6.04 Å². The number of benzene rings is 1. The van der Waals surface area contributed by atoms with Crippen LogP contribution in [-0.4, -0.2) is 45.4 Å². The second-order valence-electron chi connectivity index (χ2n) is 7.33. The number of fused-ring (bicyclic) bond motifs is 1. The molecule has 0 unspecified atom stereocenters. The molecule has 3 heterocycles. The van der Waals surface area contributed by atoms with Gasteiger partial charge in [-0.2, -0.15) is 0 Å². The maximum atomic E-state index is 4.14. The van der Waals surface area contributed by atoms with Gasteiger partial charge in [-0.05, 0) is 61.1 Å². The highest BCUT2D eigenvalue weighted by Crippen LogP contribution is 2.21. The molecule has 26 heavy (non-hydrogen) atoms. The summed E-state index contributed by atoms with van der Waals surface area (Å²) in [5.41, 5.74) is 3.92. The minimum atomic E-state index is 0.631. The number of rotatable bonds is 6. The molecule has 0 saturated carbocycles. The second-order valence-corrected chi connectivity index (χ2v) is 7.33. The van der Waals surface area contributed by atoms with Gasteiger partial charge in [0, 0.05) is 49.3 Å². The Morgan fingerprint density at radius 1 is 1.19 bits per heavy atom. The first-order chi connectivity index (χ1) is 12.8. The van der Waals surface area contributed by atoms with E-state index in [0.717, 1.165) is 26.2 Å². The molecule has 0 amide bonds. The molecule has 1 N–H and O–H groups in total. The number of aromatic nitrogens is 2. The molecule has 1 aliphatic heterocycles. The van der Waals surface area contributed by atoms with E-state index in [9.17, 15) is 0 Å². The van der Waals surface area contributed by atoms with Crippen LogP contribution in [0.1, 0.15) is 31.0 Å². The molecule has 0 bridgehead atoms. The number of para-hydroxylation sites is 1. The number of nitrogens with zero attached hydrogens (tertiary/aromatic N) is 3. The van der Waals surface area contributed by atoms with Crippen molar-refractivity contribution in [3.05, 3.63) is 66.1 Å². The predicted octanol–water partition coefficient (Wildman–Crippen LogP) is 4.05.